The summed E-state index contributed by atoms with van der Waals surface area (Å²) in [6.07, 6.45) is 1.85. The number of hydrogen-bond donors (Lipinski definition) is 3. The molecule has 1 amide bonds. The highest BCUT2D eigenvalue weighted by Gasteiger charge is 2.70. The van der Waals surface area contributed by atoms with E-state index in [-0.39, 0.29) is 30.0 Å². The van der Waals surface area contributed by atoms with E-state index in [0.29, 0.717) is 13.0 Å². The van der Waals surface area contributed by atoms with Gasteiger partial charge in [0, 0.05) is 31.6 Å². The van der Waals surface area contributed by atoms with Gasteiger partial charge in [-0.15, -0.1) is 0 Å². The summed E-state index contributed by atoms with van der Waals surface area (Å²) in [4.78, 5) is 12.6. The largest absolute Gasteiger partial charge is 0.391 e. The minimum Gasteiger partial charge on any atom is -0.391 e. The van der Waals surface area contributed by atoms with Crippen molar-refractivity contribution in [2.24, 2.45) is 17.1 Å². The van der Waals surface area contributed by atoms with Gasteiger partial charge in [-0.3, -0.25) is 4.79 Å². The highest BCUT2D eigenvalue weighted by atomic mass is 16.5. The summed E-state index contributed by atoms with van der Waals surface area (Å²) in [7, 11) is 1.54. The Balaban J connectivity index is 1.91. The van der Waals surface area contributed by atoms with Crippen LogP contribution >= 0.6 is 0 Å². The molecule has 1 heterocycles. The van der Waals surface area contributed by atoms with Gasteiger partial charge in [0.05, 0.1) is 18.8 Å². The van der Waals surface area contributed by atoms with E-state index in [1.165, 1.54) is 7.11 Å². The van der Waals surface area contributed by atoms with Gasteiger partial charge < -0.3 is 25.6 Å². The number of carbonyl (C=O) groups is 1. The van der Waals surface area contributed by atoms with Gasteiger partial charge in [-0.1, -0.05) is 13.8 Å². The standard InChI is InChI=1S/C15H28N2O4/c1-14(2)12-11(5-4-8-21-12)15(14,16)13(19)17-7-6-10(18)9-20-3/h10-12,18H,4-9,16H2,1-3H3,(H,17,19). The van der Waals surface area contributed by atoms with Gasteiger partial charge in [0.2, 0.25) is 5.91 Å². The first-order valence-electron chi connectivity index (χ1n) is 7.71. The third-order valence-electron chi connectivity index (χ3n) is 5.18. The van der Waals surface area contributed by atoms with E-state index in [1.54, 1.807) is 0 Å². The number of nitrogens with one attached hydrogen (secondary N) is 1. The van der Waals surface area contributed by atoms with Crippen LogP contribution in [0.25, 0.3) is 0 Å². The van der Waals surface area contributed by atoms with Crippen molar-refractivity contribution < 1.29 is 19.4 Å². The van der Waals surface area contributed by atoms with Crippen LogP contribution in [0.5, 0.6) is 0 Å². The maximum Gasteiger partial charge on any atom is 0.241 e. The number of hydrogen-bond acceptors (Lipinski definition) is 5. The lowest BCUT2D eigenvalue weighted by molar-refractivity contribution is -0.225. The highest BCUT2D eigenvalue weighted by molar-refractivity contribution is 5.89. The Labute approximate surface area is 126 Å². The lowest BCUT2D eigenvalue weighted by atomic mass is 9.46. The van der Waals surface area contributed by atoms with E-state index in [2.05, 4.69) is 5.32 Å². The Bertz CT molecular complexity index is 388. The van der Waals surface area contributed by atoms with Crippen molar-refractivity contribution in [1.82, 2.24) is 5.32 Å². The van der Waals surface area contributed by atoms with Crippen LogP contribution in [0.2, 0.25) is 0 Å². The molecule has 1 saturated heterocycles. The van der Waals surface area contributed by atoms with Crippen LogP contribution in [0, 0.1) is 11.3 Å². The van der Waals surface area contributed by atoms with Crippen molar-refractivity contribution in [3.05, 3.63) is 0 Å². The molecule has 4 atom stereocenters. The number of amides is 1. The van der Waals surface area contributed by atoms with E-state index >= 15 is 0 Å². The van der Waals surface area contributed by atoms with E-state index in [1.807, 2.05) is 13.8 Å². The number of ether oxygens (including phenoxy) is 2. The number of carbonyl (C=O) groups excluding carboxylic acids is 1. The summed E-state index contributed by atoms with van der Waals surface area (Å²) >= 11 is 0. The molecule has 0 spiro atoms. The summed E-state index contributed by atoms with van der Waals surface area (Å²) < 4.78 is 10.7. The molecule has 0 aromatic heterocycles. The number of fused-ring (bicyclic) bond motifs is 1. The molecule has 2 fully saturated rings. The predicted octanol–water partition coefficient (Wildman–Crippen LogP) is 0.0325. The fourth-order valence-corrected chi connectivity index (χ4v) is 3.81. The number of aliphatic hydroxyl groups excluding tert-OH is 1. The molecule has 6 heteroatoms. The van der Waals surface area contributed by atoms with Crippen molar-refractivity contribution in [3.8, 4) is 0 Å². The molecule has 21 heavy (non-hydrogen) atoms. The Morgan fingerprint density at radius 1 is 1.57 bits per heavy atom. The molecular weight excluding hydrogens is 272 g/mol. The maximum atomic E-state index is 12.6. The molecule has 4 unspecified atom stereocenters. The first-order valence-corrected chi connectivity index (χ1v) is 7.71. The average molecular weight is 300 g/mol. The minimum absolute atomic E-state index is 0.0704. The number of methoxy groups -OCH3 is 1. The van der Waals surface area contributed by atoms with E-state index < -0.39 is 11.6 Å². The minimum atomic E-state index is -0.885. The average Bonchev–Trinajstić information content (AvgIpc) is 2.46. The number of nitrogens with two attached hydrogens (primary N) is 1. The summed E-state index contributed by atoms with van der Waals surface area (Å²) in [6.45, 7) is 5.42. The Kier molecular flexibility index (Phi) is 4.92. The molecule has 1 aliphatic carbocycles. The molecule has 4 N–H and O–H groups in total. The molecule has 0 bridgehead atoms. The fourth-order valence-electron chi connectivity index (χ4n) is 3.81. The van der Waals surface area contributed by atoms with Gasteiger partial charge in [-0.05, 0) is 19.3 Å². The van der Waals surface area contributed by atoms with Gasteiger partial charge in [-0.2, -0.15) is 0 Å². The van der Waals surface area contributed by atoms with Gasteiger partial charge in [0.25, 0.3) is 0 Å². The van der Waals surface area contributed by atoms with Crippen LogP contribution in [0.1, 0.15) is 33.1 Å². The highest BCUT2D eigenvalue weighted by Crippen LogP contribution is 2.57. The van der Waals surface area contributed by atoms with Crippen LogP contribution in [0.15, 0.2) is 0 Å². The topological polar surface area (TPSA) is 93.8 Å². The molecule has 1 aliphatic heterocycles. The van der Waals surface area contributed by atoms with E-state index in [0.717, 1.165) is 19.4 Å². The first-order chi connectivity index (χ1) is 9.85. The molecule has 1 saturated carbocycles. The molecule has 0 aromatic carbocycles. The van der Waals surface area contributed by atoms with Gasteiger partial charge >= 0.3 is 0 Å². The third kappa shape index (κ3) is 2.70. The Hall–Kier alpha value is -0.690. The van der Waals surface area contributed by atoms with E-state index in [4.69, 9.17) is 15.2 Å². The second-order valence-corrected chi connectivity index (χ2v) is 6.78. The quantitative estimate of drug-likeness (QED) is 0.643. The molecule has 0 aromatic rings. The Morgan fingerprint density at radius 3 is 2.95 bits per heavy atom. The summed E-state index contributed by atoms with van der Waals surface area (Å²) in [6, 6.07) is 0. The van der Waals surface area contributed by atoms with Crippen LogP contribution in [0.3, 0.4) is 0 Å². The monoisotopic (exact) mass is 300 g/mol. The molecule has 2 rings (SSSR count). The zero-order valence-electron chi connectivity index (χ0n) is 13.2. The van der Waals surface area contributed by atoms with Crippen molar-refractivity contribution >= 4 is 5.91 Å². The summed E-state index contributed by atoms with van der Waals surface area (Å²) in [5.41, 5.74) is 5.22. The van der Waals surface area contributed by atoms with Crippen LogP contribution in [0.4, 0.5) is 0 Å². The van der Waals surface area contributed by atoms with Gasteiger partial charge in [0.1, 0.15) is 5.54 Å². The van der Waals surface area contributed by atoms with Crippen molar-refractivity contribution in [2.75, 3.05) is 26.9 Å². The molecule has 2 aliphatic rings. The van der Waals surface area contributed by atoms with Crippen LogP contribution in [-0.2, 0) is 14.3 Å². The molecular formula is C15H28N2O4. The van der Waals surface area contributed by atoms with Crippen LogP contribution in [-0.4, -0.2) is 55.6 Å². The predicted molar refractivity (Wildman–Crippen MR) is 78.7 cm³/mol. The summed E-state index contributed by atoms with van der Waals surface area (Å²) in [5.74, 6) is -0.0472. The maximum absolute atomic E-state index is 12.6. The van der Waals surface area contributed by atoms with Crippen molar-refractivity contribution in [1.29, 1.82) is 0 Å². The zero-order valence-corrected chi connectivity index (χ0v) is 13.2. The third-order valence-corrected chi connectivity index (χ3v) is 5.18. The second kappa shape index (κ2) is 6.20. The van der Waals surface area contributed by atoms with Crippen molar-refractivity contribution in [2.45, 2.75) is 50.9 Å². The first kappa shape index (κ1) is 16.7. The lowest BCUT2D eigenvalue weighted by Gasteiger charge is -2.65. The van der Waals surface area contributed by atoms with Gasteiger partial charge in [0.15, 0.2) is 0 Å². The van der Waals surface area contributed by atoms with E-state index in [9.17, 15) is 9.90 Å². The van der Waals surface area contributed by atoms with Crippen molar-refractivity contribution in [3.63, 3.8) is 0 Å². The zero-order chi connectivity index (χ0) is 15.7. The lowest BCUT2D eigenvalue weighted by Crippen LogP contribution is -2.82. The molecule has 0 radical (unpaired) electrons. The SMILES string of the molecule is COCC(O)CCNC(=O)C1(N)C2CCCOC2C1(C)C. The normalized spacial score (nSPS) is 35.5. The molecule has 122 valence electrons. The second-order valence-electron chi connectivity index (χ2n) is 6.78. The number of rotatable bonds is 6. The number of aliphatic hydroxyl groups is 1. The molecule has 6 nitrogen and oxygen atoms in total. The Morgan fingerprint density at radius 2 is 2.29 bits per heavy atom. The van der Waals surface area contributed by atoms with Crippen LogP contribution < -0.4 is 11.1 Å². The fraction of sp³-hybridized carbons (Fsp3) is 0.933. The van der Waals surface area contributed by atoms with Gasteiger partial charge in [-0.25, -0.2) is 0 Å². The summed E-state index contributed by atoms with van der Waals surface area (Å²) in [5, 5.41) is 12.5. The smallest absolute Gasteiger partial charge is 0.241 e.